The summed E-state index contributed by atoms with van der Waals surface area (Å²) in [6.07, 6.45) is 3.38. The normalized spacial score (nSPS) is 11.8. The second kappa shape index (κ2) is 6.23. The van der Waals surface area contributed by atoms with Gasteiger partial charge in [0.2, 0.25) is 10.0 Å². The minimum absolute atomic E-state index is 0.0104. The zero-order valence-electron chi connectivity index (χ0n) is 11.7. The van der Waals surface area contributed by atoms with E-state index in [9.17, 15) is 12.8 Å². The monoisotopic (exact) mass is 313 g/mol. The fourth-order valence-electron chi connectivity index (χ4n) is 1.78. The first kappa shape index (κ1) is 15.5. The van der Waals surface area contributed by atoms with Crippen LogP contribution >= 0.6 is 0 Å². The number of methoxy groups -OCH3 is 1. The van der Waals surface area contributed by atoms with E-state index in [0.717, 1.165) is 6.07 Å². The molecule has 8 heteroatoms. The SMILES string of the molecule is COc1cc(S(=O)(=O)N(C)CCn2cccn2)ccc1F. The Hall–Kier alpha value is -1.93. The summed E-state index contributed by atoms with van der Waals surface area (Å²) in [5.41, 5.74) is 0. The minimum Gasteiger partial charge on any atom is -0.494 e. The quantitative estimate of drug-likeness (QED) is 0.807. The van der Waals surface area contributed by atoms with Gasteiger partial charge in [-0.15, -0.1) is 0 Å². The van der Waals surface area contributed by atoms with E-state index in [-0.39, 0.29) is 17.2 Å². The third kappa shape index (κ3) is 3.40. The highest BCUT2D eigenvalue weighted by molar-refractivity contribution is 7.89. The van der Waals surface area contributed by atoms with Gasteiger partial charge < -0.3 is 4.74 Å². The largest absolute Gasteiger partial charge is 0.494 e. The molecule has 6 nitrogen and oxygen atoms in total. The van der Waals surface area contributed by atoms with Gasteiger partial charge in [0.1, 0.15) is 0 Å². The first-order valence-corrected chi connectivity index (χ1v) is 7.66. The Labute approximate surface area is 122 Å². The van der Waals surface area contributed by atoms with E-state index < -0.39 is 15.8 Å². The van der Waals surface area contributed by atoms with Gasteiger partial charge in [-0.25, -0.2) is 12.8 Å². The number of hydrogen-bond acceptors (Lipinski definition) is 4. The molecule has 0 unspecified atom stereocenters. The molecular weight excluding hydrogens is 297 g/mol. The van der Waals surface area contributed by atoms with Crippen molar-refractivity contribution in [2.45, 2.75) is 11.4 Å². The molecule has 0 atom stereocenters. The molecule has 2 rings (SSSR count). The van der Waals surface area contributed by atoms with Crippen molar-refractivity contribution in [1.29, 1.82) is 0 Å². The van der Waals surface area contributed by atoms with Gasteiger partial charge in [-0.05, 0) is 18.2 Å². The van der Waals surface area contributed by atoms with Crippen molar-refractivity contribution in [2.24, 2.45) is 0 Å². The second-order valence-electron chi connectivity index (χ2n) is 4.39. The van der Waals surface area contributed by atoms with Crippen molar-refractivity contribution in [2.75, 3.05) is 20.7 Å². The van der Waals surface area contributed by atoms with E-state index >= 15 is 0 Å². The number of halogens is 1. The predicted molar refractivity (Wildman–Crippen MR) is 75.0 cm³/mol. The molecule has 0 spiro atoms. The van der Waals surface area contributed by atoms with Crippen LogP contribution < -0.4 is 4.74 Å². The molecule has 114 valence electrons. The van der Waals surface area contributed by atoms with Gasteiger partial charge in [-0.3, -0.25) is 4.68 Å². The van der Waals surface area contributed by atoms with Crippen LogP contribution in [0.2, 0.25) is 0 Å². The summed E-state index contributed by atoms with van der Waals surface area (Å²) < 4.78 is 45.8. The lowest BCUT2D eigenvalue weighted by atomic mass is 10.3. The Morgan fingerprint density at radius 1 is 1.43 bits per heavy atom. The fourth-order valence-corrected chi connectivity index (χ4v) is 2.95. The zero-order valence-corrected chi connectivity index (χ0v) is 12.5. The van der Waals surface area contributed by atoms with Crippen LogP contribution in [0.4, 0.5) is 4.39 Å². The number of rotatable bonds is 6. The maximum Gasteiger partial charge on any atom is 0.243 e. The molecule has 1 aromatic heterocycles. The highest BCUT2D eigenvalue weighted by Gasteiger charge is 2.22. The van der Waals surface area contributed by atoms with Gasteiger partial charge in [0.05, 0.1) is 18.6 Å². The molecule has 21 heavy (non-hydrogen) atoms. The van der Waals surface area contributed by atoms with Gasteiger partial charge in [0.25, 0.3) is 0 Å². The second-order valence-corrected chi connectivity index (χ2v) is 6.44. The number of likely N-dealkylation sites (N-methyl/N-ethyl adjacent to an activating group) is 1. The molecule has 0 aliphatic heterocycles. The van der Waals surface area contributed by atoms with Gasteiger partial charge in [-0.1, -0.05) is 0 Å². The molecule has 0 aliphatic rings. The number of hydrogen-bond donors (Lipinski definition) is 0. The third-order valence-corrected chi connectivity index (χ3v) is 4.89. The number of nitrogens with zero attached hydrogens (tertiary/aromatic N) is 3. The Kier molecular flexibility index (Phi) is 4.59. The van der Waals surface area contributed by atoms with Crippen LogP contribution in [-0.4, -0.2) is 43.2 Å². The highest BCUT2D eigenvalue weighted by Crippen LogP contribution is 2.23. The topological polar surface area (TPSA) is 64.4 Å². The zero-order chi connectivity index (χ0) is 15.5. The van der Waals surface area contributed by atoms with E-state index in [4.69, 9.17) is 4.74 Å². The lowest BCUT2D eigenvalue weighted by Gasteiger charge is -2.17. The summed E-state index contributed by atoms with van der Waals surface area (Å²) in [5.74, 6) is -0.702. The standard InChI is InChI=1S/C13H16FN3O3S/c1-16(8-9-17-7-3-6-15-17)21(18,19)11-4-5-12(14)13(10-11)20-2/h3-7,10H,8-9H2,1-2H3. The lowest BCUT2D eigenvalue weighted by Crippen LogP contribution is -2.30. The van der Waals surface area contributed by atoms with Crippen LogP contribution in [0.25, 0.3) is 0 Å². The molecule has 0 bridgehead atoms. The van der Waals surface area contributed by atoms with Gasteiger partial charge >= 0.3 is 0 Å². The number of ether oxygens (including phenoxy) is 1. The van der Waals surface area contributed by atoms with E-state index in [0.29, 0.717) is 6.54 Å². The Morgan fingerprint density at radius 3 is 2.81 bits per heavy atom. The molecule has 0 radical (unpaired) electrons. The van der Waals surface area contributed by atoms with E-state index in [1.54, 1.807) is 23.1 Å². The third-order valence-electron chi connectivity index (χ3n) is 3.03. The molecule has 2 aromatic rings. The van der Waals surface area contributed by atoms with Crippen LogP contribution in [0.3, 0.4) is 0 Å². The Bertz CT molecular complexity index is 701. The summed E-state index contributed by atoms with van der Waals surface area (Å²) in [5, 5.41) is 4.01. The number of aromatic nitrogens is 2. The Balaban J connectivity index is 2.16. The molecule has 0 amide bonds. The molecule has 0 fully saturated rings. The van der Waals surface area contributed by atoms with Crippen LogP contribution in [0.15, 0.2) is 41.6 Å². The number of benzene rings is 1. The molecular formula is C13H16FN3O3S. The van der Waals surface area contributed by atoms with E-state index in [2.05, 4.69) is 5.10 Å². The average molecular weight is 313 g/mol. The molecule has 1 heterocycles. The molecule has 1 aromatic carbocycles. The maximum atomic E-state index is 13.3. The van der Waals surface area contributed by atoms with Crippen LogP contribution in [0.5, 0.6) is 5.75 Å². The summed E-state index contributed by atoms with van der Waals surface area (Å²) in [6.45, 7) is 0.685. The van der Waals surface area contributed by atoms with Gasteiger partial charge in [-0.2, -0.15) is 9.40 Å². The minimum atomic E-state index is -3.70. The number of sulfonamides is 1. The highest BCUT2D eigenvalue weighted by atomic mass is 32.2. The van der Waals surface area contributed by atoms with Crippen molar-refractivity contribution < 1.29 is 17.5 Å². The Morgan fingerprint density at radius 2 is 2.19 bits per heavy atom. The summed E-state index contributed by atoms with van der Waals surface area (Å²) >= 11 is 0. The van der Waals surface area contributed by atoms with Crippen molar-refractivity contribution in [3.63, 3.8) is 0 Å². The lowest BCUT2D eigenvalue weighted by molar-refractivity contribution is 0.384. The van der Waals surface area contributed by atoms with Crippen LogP contribution in [-0.2, 0) is 16.6 Å². The average Bonchev–Trinajstić information content (AvgIpc) is 2.98. The van der Waals surface area contributed by atoms with Crippen molar-refractivity contribution in [1.82, 2.24) is 14.1 Å². The first-order chi connectivity index (χ1) is 9.95. The van der Waals surface area contributed by atoms with Crippen molar-refractivity contribution >= 4 is 10.0 Å². The van der Waals surface area contributed by atoms with Crippen molar-refractivity contribution in [3.8, 4) is 5.75 Å². The van der Waals surface area contributed by atoms with E-state index in [1.807, 2.05) is 0 Å². The maximum absolute atomic E-state index is 13.3. The van der Waals surface area contributed by atoms with Crippen LogP contribution in [0.1, 0.15) is 0 Å². The molecule has 0 saturated heterocycles. The predicted octanol–water partition coefficient (Wildman–Crippen LogP) is 1.35. The fraction of sp³-hybridized carbons (Fsp3) is 0.308. The van der Waals surface area contributed by atoms with Crippen molar-refractivity contribution in [3.05, 3.63) is 42.5 Å². The molecule has 0 saturated carbocycles. The van der Waals surface area contributed by atoms with Crippen LogP contribution in [0, 0.1) is 5.82 Å². The van der Waals surface area contributed by atoms with Gasteiger partial charge in [0, 0.05) is 32.1 Å². The van der Waals surface area contributed by atoms with Gasteiger partial charge in [0.15, 0.2) is 11.6 Å². The summed E-state index contributed by atoms with van der Waals surface area (Å²) in [6, 6.07) is 5.24. The van der Waals surface area contributed by atoms with E-state index in [1.165, 1.54) is 30.6 Å². The first-order valence-electron chi connectivity index (χ1n) is 6.22. The summed E-state index contributed by atoms with van der Waals surface area (Å²) in [7, 11) is -0.941. The molecule has 0 N–H and O–H groups in total. The summed E-state index contributed by atoms with van der Waals surface area (Å²) in [4.78, 5) is -0.0104. The smallest absolute Gasteiger partial charge is 0.243 e. The molecule has 0 aliphatic carbocycles.